The van der Waals surface area contributed by atoms with E-state index in [2.05, 4.69) is 15.6 Å². The second-order valence-electron chi connectivity index (χ2n) is 6.91. The number of amides is 1. The van der Waals surface area contributed by atoms with E-state index in [1.807, 2.05) is 16.7 Å². The van der Waals surface area contributed by atoms with E-state index in [0.717, 1.165) is 57.9 Å². The molecule has 2 fully saturated rings. The molecule has 3 aliphatic heterocycles. The predicted octanol–water partition coefficient (Wildman–Crippen LogP) is 1.20. The van der Waals surface area contributed by atoms with E-state index in [4.69, 9.17) is 9.84 Å². The van der Waals surface area contributed by atoms with Gasteiger partial charge >= 0.3 is 0 Å². The number of carbonyl (C=O) groups is 1. The van der Waals surface area contributed by atoms with Crippen LogP contribution >= 0.6 is 11.8 Å². The zero-order valence-corrected chi connectivity index (χ0v) is 15.0. The fourth-order valence-corrected chi connectivity index (χ4v) is 4.74. The average molecular weight is 350 g/mol. The van der Waals surface area contributed by atoms with Crippen LogP contribution in [0.1, 0.15) is 24.2 Å². The summed E-state index contributed by atoms with van der Waals surface area (Å²) in [6, 6.07) is 2.21. The fraction of sp³-hybridized carbons (Fsp3) is 0.765. The predicted molar refractivity (Wildman–Crippen MR) is 93.8 cm³/mol. The van der Waals surface area contributed by atoms with Gasteiger partial charge in [0, 0.05) is 50.8 Å². The number of hydrogen-bond acceptors (Lipinski definition) is 5. The zero-order valence-electron chi connectivity index (χ0n) is 14.2. The minimum atomic E-state index is 0.0600. The van der Waals surface area contributed by atoms with Crippen LogP contribution in [0.4, 0.5) is 0 Å². The maximum atomic E-state index is 12.7. The maximum Gasteiger partial charge on any atom is 0.228 e. The third kappa shape index (κ3) is 3.63. The van der Waals surface area contributed by atoms with Crippen molar-refractivity contribution in [3.8, 4) is 0 Å². The SMILES string of the molecule is O=C([C@H]1CCOC1)N1CCCn2nc(CN3CCSCC3)cc2C1. The first-order valence-electron chi connectivity index (χ1n) is 9.02. The molecule has 1 atom stereocenters. The van der Waals surface area contributed by atoms with Crippen LogP contribution in [0.15, 0.2) is 6.07 Å². The van der Waals surface area contributed by atoms with E-state index in [9.17, 15) is 4.79 Å². The van der Waals surface area contributed by atoms with Crippen LogP contribution in [0.2, 0.25) is 0 Å². The Hall–Kier alpha value is -1.05. The summed E-state index contributed by atoms with van der Waals surface area (Å²) in [7, 11) is 0. The molecule has 0 bridgehead atoms. The molecule has 0 aliphatic carbocycles. The Morgan fingerprint density at radius 1 is 1.29 bits per heavy atom. The third-order valence-corrected chi connectivity index (χ3v) is 6.09. The Morgan fingerprint density at radius 2 is 2.17 bits per heavy atom. The minimum absolute atomic E-state index is 0.0600. The number of rotatable bonds is 3. The van der Waals surface area contributed by atoms with Gasteiger partial charge < -0.3 is 9.64 Å². The summed E-state index contributed by atoms with van der Waals surface area (Å²) in [5, 5.41) is 4.80. The lowest BCUT2D eigenvalue weighted by atomic mass is 10.1. The topological polar surface area (TPSA) is 50.6 Å². The molecule has 4 rings (SSSR count). The van der Waals surface area contributed by atoms with E-state index in [0.29, 0.717) is 13.2 Å². The molecule has 4 heterocycles. The lowest BCUT2D eigenvalue weighted by Crippen LogP contribution is -2.36. The smallest absolute Gasteiger partial charge is 0.228 e. The lowest BCUT2D eigenvalue weighted by Gasteiger charge is -2.25. The number of fused-ring (bicyclic) bond motifs is 1. The number of nitrogens with zero attached hydrogens (tertiary/aromatic N) is 4. The van der Waals surface area contributed by atoms with Gasteiger partial charge in [0.2, 0.25) is 5.91 Å². The Morgan fingerprint density at radius 3 is 2.96 bits per heavy atom. The Balaban J connectivity index is 1.43. The zero-order chi connectivity index (χ0) is 16.4. The Labute approximate surface area is 147 Å². The molecule has 2 saturated heterocycles. The molecule has 0 unspecified atom stereocenters. The molecule has 0 spiro atoms. The highest BCUT2D eigenvalue weighted by molar-refractivity contribution is 7.99. The van der Waals surface area contributed by atoms with Crippen molar-refractivity contribution >= 4 is 17.7 Å². The molecule has 3 aliphatic rings. The summed E-state index contributed by atoms with van der Waals surface area (Å²) in [6.45, 7) is 6.99. The monoisotopic (exact) mass is 350 g/mol. The summed E-state index contributed by atoms with van der Waals surface area (Å²) >= 11 is 2.03. The highest BCUT2D eigenvalue weighted by Crippen LogP contribution is 2.21. The van der Waals surface area contributed by atoms with Crippen LogP contribution in [0, 0.1) is 5.92 Å². The average Bonchev–Trinajstić information content (AvgIpc) is 3.21. The van der Waals surface area contributed by atoms with Gasteiger partial charge in [0.15, 0.2) is 0 Å². The van der Waals surface area contributed by atoms with E-state index in [-0.39, 0.29) is 11.8 Å². The molecule has 24 heavy (non-hydrogen) atoms. The van der Waals surface area contributed by atoms with Gasteiger partial charge in [-0.1, -0.05) is 0 Å². The van der Waals surface area contributed by atoms with Crippen molar-refractivity contribution in [3.63, 3.8) is 0 Å². The van der Waals surface area contributed by atoms with E-state index in [1.54, 1.807) is 0 Å². The van der Waals surface area contributed by atoms with Gasteiger partial charge in [0.1, 0.15) is 0 Å². The van der Waals surface area contributed by atoms with Crippen molar-refractivity contribution in [2.45, 2.75) is 32.5 Å². The van der Waals surface area contributed by atoms with Crippen LogP contribution < -0.4 is 0 Å². The molecule has 0 saturated carbocycles. The van der Waals surface area contributed by atoms with Crippen LogP contribution in [-0.4, -0.2) is 69.8 Å². The number of ether oxygens (including phenoxy) is 1. The van der Waals surface area contributed by atoms with Gasteiger partial charge in [-0.2, -0.15) is 16.9 Å². The summed E-state index contributed by atoms with van der Waals surface area (Å²) in [5.74, 6) is 2.76. The van der Waals surface area contributed by atoms with E-state index >= 15 is 0 Å². The molecule has 0 aromatic carbocycles. The highest BCUT2D eigenvalue weighted by Gasteiger charge is 2.29. The fourth-order valence-electron chi connectivity index (χ4n) is 3.76. The summed E-state index contributed by atoms with van der Waals surface area (Å²) in [5.41, 5.74) is 2.33. The molecule has 1 aromatic heterocycles. The van der Waals surface area contributed by atoms with E-state index < -0.39 is 0 Å². The van der Waals surface area contributed by atoms with Crippen molar-refractivity contribution in [2.75, 3.05) is 44.4 Å². The number of hydrogen-bond donors (Lipinski definition) is 0. The quantitative estimate of drug-likeness (QED) is 0.820. The first kappa shape index (κ1) is 16.4. The molecule has 0 N–H and O–H groups in total. The molecular weight excluding hydrogens is 324 g/mol. The molecule has 132 valence electrons. The van der Waals surface area contributed by atoms with Gasteiger partial charge in [-0.25, -0.2) is 0 Å². The number of thioether (sulfide) groups is 1. The molecule has 1 amide bonds. The van der Waals surface area contributed by atoms with Crippen molar-refractivity contribution in [3.05, 3.63) is 17.5 Å². The van der Waals surface area contributed by atoms with Gasteiger partial charge in [0.05, 0.1) is 30.5 Å². The number of aromatic nitrogens is 2. The van der Waals surface area contributed by atoms with E-state index in [1.165, 1.54) is 17.2 Å². The Kier molecular flexibility index (Phi) is 5.10. The molecule has 7 heteroatoms. The highest BCUT2D eigenvalue weighted by atomic mass is 32.2. The summed E-state index contributed by atoms with van der Waals surface area (Å²) < 4.78 is 7.50. The first-order chi connectivity index (χ1) is 11.8. The van der Waals surface area contributed by atoms with Crippen molar-refractivity contribution in [2.24, 2.45) is 5.92 Å². The summed E-state index contributed by atoms with van der Waals surface area (Å²) in [4.78, 5) is 17.2. The number of carbonyl (C=O) groups excluding carboxylic acids is 1. The minimum Gasteiger partial charge on any atom is -0.381 e. The van der Waals surface area contributed by atoms with Crippen molar-refractivity contribution in [1.82, 2.24) is 19.6 Å². The second kappa shape index (κ2) is 7.45. The first-order valence-corrected chi connectivity index (χ1v) is 10.2. The normalized spacial score (nSPS) is 25.5. The van der Waals surface area contributed by atoms with Gasteiger partial charge in [0.25, 0.3) is 0 Å². The third-order valence-electron chi connectivity index (χ3n) is 5.14. The number of aryl methyl sites for hydroxylation is 1. The van der Waals surface area contributed by atoms with Crippen LogP contribution in [0.5, 0.6) is 0 Å². The molecular formula is C17H26N4O2S. The van der Waals surface area contributed by atoms with Crippen molar-refractivity contribution in [1.29, 1.82) is 0 Å². The van der Waals surface area contributed by atoms with Crippen molar-refractivity contribution < 1.29 is 9.53 Å². The molecule has 6 nitrogen and oxygen atoms in total. The maximum absolute atomic E-state index is 12.7. The lowest BCUT2D eigenvalue weighted by molar-refractivity contribution is -0.136. The molecule has 1 aromatic rings. The van der Waals surface area contributed by atoms with Crippen LogP contribution in [0.3, 0.4) is 0 Å². The Bertz CT molecular complexity index is 579. The standard InChI is InChI=1S/C17H26N4O2S/c22-17(14-2-7-23-13-14)20-3-1-4-21-16(12-20)10-15(18-21)11-19-5-8-24-9-6-19/h10,14H,1-9,11-13H2/t14-/m0/s1. The van der Waals surface area contributed by atoms with Gasteiger partial charge in [-0.3, -0.25) is 14.4 Å². The van der Waals surface area contributed by atoms with Gasteiger partial charge in [-0.05, 0) is 18.9 Å². The second-order valence-corrected chi connectivity index (χ2v) is 8.14. The van der Waals surface area contributed by atoms with Crippen LogP contribution in [0.25, 0.3) is 0 Å². The summed E-state index contributed by atoms with van der Waals surface area (Å²) in [6.07, 6.45) is 1.85. The van der Waals surface area contributed by atoms with Gasteiger partial charge in [-0.15, -0.1) is 0 Å². The van der Waals surface area contributed by atoms with Crippen LogP contribution in [-0.2, 0) is 29.2 Å². The largest absolute Gasteiger partial charge is 0.381 e. The molecule has 0 radical (unpaired) electrons.